The van der Waals surface area contributed by atoms with Crippen LogP contribution in [0.2, 0.25) is 0 Å². The summed E-state index contributed by atoms with van der Waals surface area (Å²) in [6.45, 7) is 0. The molecule has 2 aromatic carbocycles. The van der Waals surface area contributed by atoms with Gasteiger partial charge < -0.3 is 15.4 Å². The van der Waals surface area contributed by atoms with Gasteiger partial charge in [0.25, 0.3) is 5.69 Å². The number of rotatable bonds is 9. The number of nitrogens with one attached hydrogen (secondary N) is 4. The van der Waals surface area contributed by atoms with E-state index in [2.05, 4.69) is 38.9 Å². The molecule has 1 atom stereocenters. The first-order valence-corrected chi connectivity index (χ1v) is 10.3. The molecule has 0 radical (unpaired) electrons. The van der Waals surface area contributed by atoms with E-state index in [-0.39, 0.29) is 22.9 Å². The lowest BCUT2D eigenvalue weighted by Gasteiger charge is -2.15. The minimum atomic E-state index is -4.80. The third kappa shape index (κ3) is 9.50. The number of hydrogen-bond donors (Lipinski definition) is 5. The Labute approximate surface area is 201 Å². The van der Waals surface area contributed by atoms with E-state index in [1.165, 1.54) is 30.3 Å². The number of nitrogens with zero attached hydrogens (tertiary/aromatic N) is 1. The fraction of sp³-hybridized carbons (Fsp3) is 0.211. The summed E-state index contributed by atoms with van der Waals surface area (Å²) in [4.78, 5) is 34.4. The standard InChI is InChI=1S/C19H18F3N5O5S2/c20-19(21,22)32-13-7-5-11(6-8-13)23-17(33)10-12(28)9-16(29)25-26-18(34)24-14-3-1-2-4-15(14)27(30)31/h1-8,17,23,33H,9-10H2,(H,25,29)(H2,24,26,34). The second-order valence-electron chi connectivity index (χ2n) is 6.55. The molecule has 15 heteroatoms. The van der Waals surface area contributed by atoms with Gasteiger partial charge in [-0.3, -0.25) is 30.6 Å². The zero-order chi connectivity index (χ0) is 25.3. The molecule has 0 saturated carbocycles. The van der Waals surface area contributed by atoms with Gasteiger partial charge in [0.1, 0.15) is 17.2 Å². The maximum Gasteiger partial charge on any atom is 0.573 e. The van der Waals surface area contributed by atoms with Crippen molar-refractivity contribution in [1.29, 1.82) is 0 Å². The number of Topliss-reactive ketones (excluding diaryl/α,β-unsaturated/α-hetero) is 1. The number of ketones is 1. The number of ether oxygens (including phenoxy) is 1. The SMILES string of the molecule is O=C(CC(=O)NNC(=S)Nc1ccccc1[N+](=O)[O-])CC(S)Nc1ccc(OC(F)(F)F)cc1. The van der Waals surface area contributed by atoms with Gasteiger partial charge in [-0.1, -0.05) is 12.1 Å². The molecule has 0 bridgehead atoms. The molecule has 10 nitrogen and oxygen atoms in total. The summed E-state index contributed by atoms with van der Waals surface area (Å²) >= 11 is 9.15. The Bertz CT molecular complexity index is 1050. The Kier molecular flexibility index (Phi) is 9.44. The van der Waals surface area contributed by atoms with Gasteiger partial charge in [0, 0.05) is 18.2 Å². The van der Waals surface area contributed by atoms with E-state index in [0.29, 0.717) is 5.69 Å². The zero-order valence-electron chi connectivity index (χ0n) is 17.1. The topological polar surface area (TPSA) is 135 Å². The van der Waals surface area contributed by atoms with Crippen molar-refractivity contribution in [2.24, 2.45) is 0 Å². The third-order valence-corrected chi connectivity index (χ3v) is 4.38. The molecule has 2 rings (SSSR count). The van der Waals surface area contributed by atoms with E-state index >= 15 is 0 Å². The number of hydrazine groups is 1. The molecule has 0 fully saturated rings. The van der Waals surface area contributed by atoms with Gasteiger partial charge in [0.15, 0.2) is 5.11 Å². The molecule has 0 aromatic heterocycles. The number of thiol groups is 1. The van der Waals surface area contributed by atoms with E-state index in [1.807, 2.05) is 0 Å². The van der Waals surface area contributed by atoms with Crippen molar-refractivity contribution in [3.05, 3.63) is 58.6 Å². The molecule has 0 heterocycles. The highest BCUT2D eigenvalue weighted by atomic mass is 32.1. The normalized spacial score (nSPS) is 11.6. The molecular formula is C19H18F3N5O5S2. The van der Waals surface area contributed by atoms with Crippen LogP contribution < -0.4 is 26.2 Å². The highest BCUT2D eigenvalue weighted by Gasteiger charge is 2.31. The third-order valence-electron chi connectivity index (χ3n) is 3.86. The predicted octanol–water partition coefficient (Wildman–Crippen LogP) is 3.53. The molecule has 1 amide bonds. The Balaban J connectivity index is 1.74. The highest BCUT2D eigenvalue weighted by molar-refractivity contribution is 7.81. The van der Waals surface area contributed by atoms with Crippen molar-refractivity contribution in [2.45, 2.75) is 24.6 Å². The van der Waals surface area contributed by atoms with Crippen molar-refractivity contribution in [3.63, 3.8) is 0 Å². The second-order valence-corrected chi connectivity index (χ2v) is 7.59. The first-order chi connectivity index (χ1) is 15.9. The fourth-order valence-electron chi connectivity index (χ4n) is 2.53. The summed E-state index contributed by atoms with van der Waals surface area (Å²) in [6, 6.07) is 10.6. The summed E-state index contributed by atoms with van der Waals surface area (Å²) in [6.07, 6.45) is -5.49. The number of thiocarbonyl (C=S) groups is 1. The van der Waals surface area contributed by atoms with Crippen LogP contribution in [0.4, 0.5) is 30.2 Å². The number of benzene rings is 2. The molecule has 34 heavy (non-hydrogen) atoms. The van der Waals surface area contributed by atoms with Crippen molar-refractivity contribution in [3.8, 4) is 5.75 Å². The number of anilines is 2. The maximum atomic E-state index is 12.2. The number of nitro groups is 1. The van der Waals surface area contributed by atoms with Gasteiger partial charge in [0.2, 0.25) is 5.91 Å². The Morgan fingerprint density at radius 3 is 2.38 bits per heavy atom. The summed E-state index contributed by atoms with van der Waals surface area (Å²) in [5, 5.41) is 15.5. The number of alkyl halides is 3. The lowest BCUT2D eigenvalue weighted by molar-refractivity contribution is -0.383. The first kappa shape index (κ1) is 26.7. The minimum Gasteiger partial charge on any atom is -0.406 e. The quantitative estimate of drug-likeness (QED) is 0.0846. The molecule has 0 aliphatic rings. The fourth-order valence-corrected chi connectivity index (χ4v) is 3.04. The molecular weight excluding hydrogens is 499 g/mol. The first-order valence-electron chi connectivity index (χ1n) is 9.34. The number of hydrogen-bond acceptors (Lipinski definition) is 8. The molecule has 0 aliphatic heterocycles. The maximum absolute atomic E-state index is 12.2. The van der Waals surface area contributed by atoms with Crippen LogP contribution in [0.1, 0.15) is 12.8 Å². The van der Waals surface area contributed by atoms with Gasteiger partial charge >= 0.3 is 6.36 Å². The average molecular weight is 518 g/mol. The van der Waals surface area contributed by atoms with E-state index in [0.717, 1.165) is 12.1 Å². The molecule has 0 aliphatic carbocycles. The number of carbonyl (C=O) groups is 2. The van der Waals surface area contributed by atoms with Gasteiger partial charge in [-0.15, -0.1) is 13.2 Å². The molecule has 182 valence electrons. The molecule has 2 aromatic rings. The van der Waals surface area contributed by atoms with E-state index in [9.17, 15) is 32.9 Å². The van der Waals surface area contributed by atoms with Crippen LogP contribution in [0.5, 0.6) is 5.75 Å². The highest BCUT2D eigenvalue weighted by Crippen LogP contribution is 2.25. The van der Waals surface area contributed by atoms with Crippen LogP contribution in [-0.4, -0.2) is 33.5 Å². The van der Waals surface area contributed by atoms with Gasteiger partial charge in [-0.2, -0.15) is 12.6 Å². The summed E-state index contributed by atoms with van der Waals surface area (Å²) in [5.41, 5.74) is 4.81. The van der Waals surface area contributed by atoms with Crippen molar-refractivity contribution in [1.82, 2.24) is 10.9 Å². The lowest BCUT2D eigenvalue weighted by atomic mass is 10.2. The van der Waals surface area contributed by atoms with Crippen molar-refractivity contribution in [2.75, 3.05) is 10.6 Å². The Morgan fingerprint density at radius 2 is 1.76 bits per heavy atom. The van der Waals surface area contributed by atoms with Crippen molar-refractivity contribution >= 4 is 58.7 Å². The summed E-state index contributed by atoms with van der Waals surface area (Å²) in [5.74, 6) is -1.60. The molecule has 0 saturated heterocycles. The molecule has 0 spiro atoms. The van der Waals surface area contributed by atoms with Crippen LogP contribution in [-0.2, 0) is 9.59 Å². The smallest absolute Gasteiger partial charge is 0.406 e. The van der Waals surface area contributed by atoms with E-state index in [1.54, 1.807) is 6.07 Å². The minimum absolute atomic E-state index is 0.109. The van der Waals surface area contributed by atoms with Gasteiger partial charge in [-0.05, 0) is 42.5 Å². The number of halogens is 3. The number of para-hydroxylation sites is 2. The summed E-state index contributed by atoms with van der Waals surface area (Å²) < 4.78 is 40.3. The monoisotopic (exact) mass is 517 g/mol. The lowest BCUT2D eigenvalue weighted by Crippen LogP contribution is -2.44. The van der Waals surface area contributed by atoms with Crippen LogP contribution in [0.25, 0.3) is 0 Å². The van der Waals surface area contributed by atoms with Crippen LogP contribution in [0.15, 0.2) is 48.5 Å². The number of nitro benzene ring substituents is 1. The van der Waals surface area contributed by atoms with Crippen LogP contribution in [0, 0.1) is 10.1 Å². The zero-order valence-corrected chi connectivity index (χ0v) is 18.8. The van der Waals surface area contributed by atoms with Gasteiger partial charge in [0.05, 0.1) is 16.7 Å². The van der Waals surface area contributed by atoms with Crippen molar-refractivity contribution < 1.29 is 32.4 Å². The average Bonchev–Trinajstić information content (AvgIpc) is 2.72. The Hall–Kier alpha value is -3.59. The largest absolute Gasteiger partial charge is 0.573 e. The molecule has 4 N–H and O–H groups in total. The van der Waals surface area contributed by atoms with E-state index < -0.39 is 40.5 Å². The van der Waals surface area contributed by atoms with Crippen LogP contribution >= 0.6 is 24.8 Å². The second kappa shape index (κ2) is 12.0. The van der Waals surface area contributed by atoms with Gasteiger partial charge in [-0.25, -0.2) is 0 Å². The summed E-state index contributed by atoms with van der Waals surface area (Å²) in [7, 11) is 0. The number of amides is 1. The predicted molar refractivity (Wildman–Crippen MR) is 124 cm³/mol. The number of carbonyl (C=O) groups excluding carboxylic acids is 2. The van der Waals surface area contributed by atoms with Crippen LogP contribution in [0.3, 0.4) is 0 Å². The van der Waals surface area contributed by atoms with E-state index in [4.69, 9.17) is 12.2 Å². The molecule has 1 unspecified atom stereocenters. The Morgan fingerprint density at radius 1 is 1.12 bits per heavy atom.